The first-order chi connectivity index (χ1) is 8.22. The zero-order valence-corrected chi connectivity index (χ0v) is 9.77. The second-order valence-electron chi connectivity index (χ2n) is 5.38. The third kappa shape index (κ3) is 2.22. The Labute approximate surface area is 101 Å². The fourth-order valence-electron chi connectivity index (χ4n) is 2.87. The number of aliphatic hydroxyl groups excluding tert-OH is 1. The second-order valence-corrected chi connectivity index (χ2v) is 5.38. The van der Waals surface area contributed by atoms with Crippen molar-refractivity contribution in [1.82, 2.24) is 5.32 Å². The molecule has 0 amide bonds. The van der Waals surface area contributed by atoms with Gasteiger partial charge in [-0.1, -0.05) is 18.2 Å². The van der Waals surface area contributed by atoms with Gasteiger partial charge in [0, 0.05) is 12.1 Å². The second kappa shape index (κ2) is 4.39. The highest BCUT2D eigenvalue weighted by atomic mass is 19.1. The van der Waals surface area contributed by atoms with Crippen molar-refractivity contribution in [3.63, 3.8) is 0 Å². The van der Waals surface area contributed by atoms with E-state index >= 15 is 0 Å². The fraction of sp³-hybridized carbons (Fsp3) is 0.571. The van der Waals surface area contributed by atoms with Gasteiger partial charge in [0.2, 0.25) is 0 Å². The third-order valence-corrected chi connectivity index (χ3v) is 4.07. The van der Waals surface area contributed by atoms with Crippen LogP contribution in [-0.2, 0) is 0 Å². The van der Waals surface area contributed by atoms with Gasteiger partial charge < -0.3 is 10.4 Å². The first-order valence-corrected chi connectivity index (χ1v) is 6.41. The molecule has 2 nitrogen and oxygen atoms in total. The summed E-state index contributed by atoms with van der Waals surface area (Å²) in [5.41, 5.74) is 0.860. The Kier molecular flexibility index (Phi) is 2.89. The molecule has 17 heavy (non-hydrogen) atoms. The molecule has 2 aliphatic carbocycles. The van der Waals surface area contributed by atoms with Crippen LogP contribution in [0, 0.1) is 5.82 Å². The Morgan fingerprint density at radius 2 is 1.71 bits per heavy atom. The van der Waals surface area contributed by atoms with Crippen LogP contribution in [0.4, 0.5) is 4.39 Å². The monoisotopic (exact) mass is 235 g/mol. The molecule has 0 heterocycles. The van der Waals surface area contributed by atoms with Crippen molar-refractivity contribution in [1.29, 1.82) is 0 Å². The van der Waals surface area contributed by atoms with Gasteiger partial charge in [-0.15, -0.1) is 0 Å². The van der Waals surface area contributed by atoms with Crippen molar-refractivity contribution in [2.75, 3.05) is 0 Å². The molecule has 0 aromatic heterocycles. The van der Waals surface area contributed by atoms with Crippen molar-refractivity contribution >= 4 is 0 Å². The lowest BCUT2D eigenvalue weighted by Gasteiger charge is -2.42. The number of benzene rings is 1. The Morgan fingerprint density at radius 3 is 2.35 bits per heavy atom. The van der Waals surface area contributed by atoms with Gasteiger partial charge >= 0.3 is 0 Å². The van der Waals surface area contributed by atoms with Crippen molar-refractivity contribution < 1.29 is 9.50 Å². The first kappa shape index (κ1) is 11.2. The highest BCUT2D eigenvalue weighted by Crippen LogP contribution is 2.39. The summed E-state index contributed by atoms with van der Waals surface area (Å²) in [5.74, 6) is 0.300. The quantitative estimate of drug-likeness (QED) is 0.841. The number of aliphatic hydroxyl groups is 1. The van der Waals surface area contributed by atoms with Gasteiger partial charge in [-0.05, 0) is 43.2 Å². The fourth-order valence-corrected chi connectivity index (χ4v) is 2.87. The zero-order chi connectivity index (χ0) is 11.8. The van der Waals surface area contributed by atoms with Crippen LogP contribution in [0.3, 0.4) is 0 Å². The number of nitrogens with one attached hydrogen (secondary N) is 1. The highest BCUT2D eigenvalue weighted by molar-refractivity contribution is 5.24. The van der Waals surface area contributed by atoms with E-state index in [9.17, 15) is 9.50 Å². The molecule has 0 spiro atoms. The van der Waals surface area contributed by atoms with Crippen molar-refractivity contribution in [2.24, 2.45) is 0 Å². The summed E-state index contributed by atoms with van der Waals surface area (Å²) in [6, 6.07) is 8.07. The lowest BCUT2D eigenvalue weighted by Crippen LogP contribution is -2.52. The van der Waals surface area contributed by atoms with E-state index in [0.717, 1.165) is 31.2 Å². The number of hydrogen-bond acceptors (Lipinski definition) is 2. The zero-order valence-electron chi connectivity index (χ0n) is 9.77. The first-order valence-electron chi connectivity index (χ1n) is 6.41. The summed E-state index contributed by atoms with van der Waals surface area (Å²) in [7, 11) is 0. The molecule has 0 atom stereocenters. The van der Waals surface area contributed by atoms with Crippen LogP contribution >= 0.6 is 0 Å². The normalized spacial score (nSPS) is 36.1. The van der Waals surface area contributed by atoms with Gasteiger partial charge in [-0.3, -0.25) is 0 Å². The van der Waals surface area contributed by atoms with E-state index in [1.165, 1.54) is 0 Å². The summed E-state index contributed by atoms with van der Waals surface area (Å²) in [5, 5.41) is 12.7. The van der Waals surface area contributed by atoms with Crippen molar-refractivity contribution in [3.05, 3.63) is 35.6 Å². The van der Waals surface area contributed by atoms with Crippen LogP contribution in [-0.4, -0.2) is 23.3 Å². The van der Waals surface area contributed by atoms with Crippen LogP contribution in [0.5, 0.6) is 0 Å². The molecular formula is C14H18FNO. The van der Waals surface area contributed by atoms with E-state index in [2.05, 4.69) is 5.32 Å². The average molecular weight is 235 g/mol. The summed E-state index contributed by atoms with van der Waals surface area (Å²) >= 11 is 0. The largest absolute Gasteiger partial charge is 0.393 e. The van der Waals surface area contributed by atoms with Gasteiger partial charge in [0.15, 0.2) is 0 Å². The van der Waals surface area contributed by atoms with Gasteiger partial charge in [-0.2, -0.15) is 0 Å². The van der Waals surface area contributed by atoms with Gasteiger partial charge in [0.1, 0.15) is 5.82 Å². The lowest BCUT2D eigenvalue weighted by atomic mass is 9.74. The van der Waals surface area contributed by atoms with E-state index in [0.29, 0.717) is 18.0 Å². The van der Waals surface area contributed by atoms with Crippen LogP contribution in [0.2, 0.25) is 0 Å². The Morgan fingerprint density at radius 1 is 1.06 bits per heavy atom. The molecule has 2 fully saturated rings. The van der Waals surface area contributed by atoms with Crippen molar-refractivity contribution in [3.8, 4) is 0 Å². The molecule has 1 aromatic rings. The Bertz CT molecular complexity index is 397. The summed E-state index contributed by atoms with van der Waals surface area (Å²) < 4.78 is 13.5. The van der Waals surface area contributed by atoms with Crippen LogP contribution in [0.1, 0.15) is 37.2 Å². The summed E-state index contributed by atoms with van der Waals surface area (Å²) in [4.78, 5) is 0. The topological polar surface area (TPSA) is 32.3 Å². The van der Waals surface area contributed by atoms with E-state index < -0.39 is 0 Å². The van der Waals surface area contributed by atoms with E-state index in [1.807, 2.05) is 12.1 Å². The number of rotatable bonds is 3. The van der Waals surface area contributed by atoms with Crippen molar-refractivity contribution in [2.45, 2.75) is 49.8 Å². The lowest BCUT2D eigenvalue weighted by molar-refractivity contribution is 0.0505. The Hall–Kier alpha value is -0.930. The molecule has 2 aliphatic rings. The minimum Gasteiger partial charge on any atom is -0.393 e. The maximum Gasteiger partial charge on any atom is 0.126 e. The van der Waals surface area contributed by atoms with E-state index in [4.69, 9.17) is 0 Å². The van der Waals surface area contributed by atoms with Gasteiger partial charge in [0.25, 0.3) is 0 Å². The predicted octanol–water partition coefficient (Wildman–Crippen LogP) is 2.18. The molecule has 92 valence electrons. The van der Waals surface area contributed by atoms with Gasteiger partial charge in [0.05, 0.1) is 6.10 Å². The molecule has 0 radical (unpaired) electrons. The molecule has 1 aromatic carbocycles. The summed E-state index contributed by atoms with van der Waals surface area (Å²) in [6.07, 6.45) is 3.69. The molecular weight excluding hydrogens is 217 g/mol. The summed E-state index contributed by atoms with van der Waals surface area (Å²) in [6.45, 7) is 0. The minimum absolute atomic E-state index is 0.0741. The molecule has 2 N–H and O–H groups in total. The number of halogens is 1. The molecule has 0 aliphatic heterocycles. The molecule has 3 heteroatoms. The molecule has 0 saturated heterocycles. The van der Waals surface area contributed by atoms with E-state index in [1.54, 1.807) is 12.1 Å². The highest BCUT2D eigenvalue weighted by Gasteiger charge is 2.36. The maximum atomic E-state index is 13.5. The standard InChI is InChI=1S/C14H18FNO/c15-14-4-2-1-3-13(14)9-5-10(6-9)16-11-7-12(17)8-11/h1-4,9-12,16-17H,5-8H2. The third-order valence-electron chi connectivity index (χ3n) is 4.07. The minimum atomic E-state index is -0.102. The van der Waals surface area contributed by atoms with Crippen LogP contribution in [0.15, 0.2) is 24.3 Å². The SMILES string of the molecule is OC1CC(NC2CC(c3ccccc3F)C2)C1. The van der Waals surface area contributed by atoms with E-state index in [-0.39, 0.29) is 11.9 Å². The smallest absolute Gasteiger partial charge is 0.126 e. The van der Waals surface area contributed by atoms with Crippen LogP contribution in [0.25, 0.3) is 0 Å². The average Bonchev–Trinajstić information content (AvgIpc) is 2.21. The molecule has 3 rings (SSSR count). The Balaban J connectivity index is 1.50. The maximum absolute atomic E-state index is 13.5. The molecule has 2 saturated carbocycles. The van der Waals surface area contributed by atoms with Gasteiger partial charge in [-0.25, -0.2) is 4.39 Å². The van der Waals surface area contributed by atoms with Crippen LogP contribution < -0.4 is 5.32 Å². The predicted molar refractivity (Wildman–Crippen MR) is 64.3 cm³/mol. The molecule has 0 unspecified atom stereocenters. The number of hydrogen-bond donors (Lipinski definition) is 2. The molecule has 0 bridgehead atoms.